The van der Waals surface area contributed by atoms with Crippen LogP contribution in [0, 0.1) is 0 Å². The smallest absolute Gasteiger partial charge is 0.180 e. The van der Waals surface area contributed by atoms with E-state index < -0.39 is 6.10 Å². The zero-order valence-electron chi connectivity index (χ0n) is 15.1. The fraction of sp³-hybridized carbons (Fsp3) is 0.286. The second-order valence-corrected chi connectivity index (χ2v) is 6.33. The Labute approximate surface area is 154 Å². The van der Waals surface area contributed by atoms with Gasteiger partial charge in [-0.15, -0.1) is 0 Å². The average molecular weight is 348 g/mol. The van der Waals surface area contributed by atoms with Crippen LogP contribution in [0.2, 0.25) is 0 Å². The summed E-state index contributed by atoms with van der Waals surface area (Å²) in [6.45, 7) is 4.02. The zero-order valence-corrected chi connectivity index (χ0v) is 15.1. The Hall–Kier alpha value is -2.79. The number of nitrogens with zero attached hydrogens (tertiary/aromatic N) is 3. The summed E-state index contributed by atoms with van der Waals surface area (Å²) in [4.78, 5) is 13.5. The van der Waals surface area contributed by atoms with Crippen LogP contribution < -0.4 is 5.32 Å². The van der Waals surface area contributed by atoms with Crippen LogP contribution in [-0.2, 0) is 12.8 Å². The second-order valence-electron chi connectivity index (χ2n) is 6.33. The van der Waals surface area contributed by atoms with Crippen molar-refractivity contribution in [3.8, 4) is 11.5 Å². The highest BCUT2D eigenvalue weighted by Gasteiger charge is 2.16. The number of anilines is 1. The molecule has 2 atom stereocenters. The number of aryl methyl sites for hydroxylation is 1. The van der Waals surface area contributed by atoms with Crippen LogP contribution in [0.25, 0.3) is 11.5 Å². The average Bonchev–Trinajstić information content (AvgIpc) is 2.69. The Morgan fingerprint density at radius 1 is 1.04 bits per heavy atom. The van der Waals surface area contributed by atoms with E-state index in [-0.39, 0.29) is 6.04 Å². The summed E-state index contributed by atoms with van der Waals surface area (Å²) < 4.78 is 0. The van der Waals surface area contributed by atoms with E-state index in [0.29, 0.717) is 18.1 Å². The van der Waals surface area contributed by atoms with Gasteiger partial charge in [-0.2, -0.15) is 0 Å². The number of aliphatic hydroxyl groups is 1. The Morgan fingerprint density at radius 2 is 1.81 bits per heavy atom. The maximum Gasteiger partial charge on any atom is 0.180 e. The molecule has 0 bridgehead atoms. The van der Waals surface area contributed by atoms with Crippen LogP contribution in [0.4, 0.5) is 5.82 Å². The van der Waals surface area contributed by atoms with Crippen LogP contribution >= 0.6 is 0 Å². The summed E-state index contributed by atoms with van der Waals surface area (Å²) in [5.41, 5.74) is 2.79. The molecule has 0 aliphatic carbocycles. The van der Waals surface area contributed by atoms with Gasteiger partial charge in [0, 0.05) is 24.4 Å². The van der Waals surface area contributed by atoms with Gasteiger partial charge in [-0.25, -0.2) is 9.97 Å². The van der Waals surface area contributed by atoms with Gasteiger partial charge in [0.25, 0.3) is 0 Å². The van der Waals surface area contributed by atoms with E-state index in [9.17, 15) is 5.11 Å². The minimum Gasteiger partial charge on any atom is -0.391 e. The van der Waals surface area contributed by atoms with Gasteiger partial charge in [0.05, 0.1) is 12.1 Å². The van der Waals surface area contributed by atoms with Gasteiger partial charge in [-0.1, -0.05) is 43.3 Å². The number of hydrogen-bond acceptors (Lipinski definition) is 5. The first-order chi connectivity index (χ1) is 12.7. The normalized spacial score (nSPS) is 13.2. The van der Waals surface area contributed by atoms with Gasteiger partial charge >= 0.3 is 0 Å². The van der Waals surface area contributed by atoms with Crippen LogP contribution in [0.1, 0.15) is 25.1 Å². The highest BCUT2D eigenvalue weighted by Crippen LogP contribution is 2.18. The molecule has 2 heterocycles. The lowest BCUT2D eigenvalue weighted by Crippen LogP contribution is -2.32. The number of benzene rings is 1. The largest absolute Gasteiger partial charge is 0.391 e. The molecular formula is C21H24N4O. The molecule has 1 aromatic carbocycles. The molecule has 0 aliphatic heterocycles. The molecule has 134 valence electrons. The monoisotopic (exact) mass is 348 g/mol. The molecule has 3 aromatic rings. The quantitative estimate of drug-likeness (QED) is 0.684. The number of rotatable bonds is 7. The third-order valence-corrected chi connectivity index (χ3v) is 4.28. The maximum atomic E-state index is 10.5. The molecule has 2 unspecified atom stereocenters. The third kappa shape index (κ3) is 4.64. The summed E-state index contributed by atoms with van der Waals surface area (Å²) in [6, 6.07) is 17.5. The van der Waals surface area contributed by atoms with Crippen molar-refractivity contribution in [2.24, 2.45) is 0 Å². The molecule has 0 saturated heterocycles. The summed E-state index contributed by atoms with van der Waals surface area (Å²) in [5, 5.41) is 13.8. The van der Waals surface area contributed by atoms with Crippen molar-refractivity contribution in [1.29, 1.82) is 0 Å². The standard InChI is InChI=1S/C21H24N4O/c1-3-17-14-20(25-21(24-17)18-11-7-8-12-22-18)23-15(2)19(26)13-16-9-5-4-6-10-16/h4-12,14-15,19,26H,3,13H2,1-2H3,(H,23,24,25). The van der Waals surface area contributed by atoms with Crippen molar-refractivity contribution in [3.63, 3.8) is 0 Å². The van der Waals surface area contributed by atoms with Crippen LogP contribution in [0.15, 0.2) is 60.8 Å². The molecule has 0 saturated carbocycles. The van der Waals surface area contributed by atoms with Crippen molar-refractivity contribution in [1.82, 2.24) is 15.0 Å². The van der Waals surface area contributed by atoms with Gasteiger partial charge in [0.15, 0.2) is 5.82 Å². The SMILES string of the molecule is CCc1cc(NC(C)C(O)Cc2ccccc2)nc(-c2ccccn2)n1. The summed E-state index contributed by atoms with van der Waals surface area (Å²) >= 11 is 0. The minimum atomic E-state index is -0.518. The highest BCUT2D eigenvalue weighted by molar-refractivity contribution is 5.53. The predicted molar refractivity (Wildman–Crippen MR) is 104 cm³/mol. The van der Waals surface area contributed by atoms with E-state index in [4.69, 9.17) is 0 Å². The lowest BCUT2D eigenvalue weighted by molar-refractivity contribution is 0.158. The molecule has 0 radical (unpaired) electrons. The van der Waals surface area contributed by atoms with E-state index in [0.717, 1.165) is 23.4 Å². The summed E-state index contributed by atoms with van der Waals surface area (Å²) in [6.07, 6.45) is 2.61. The van der Waals surface area contributed by atoms with E-state index >= 15 is 0 Å². The molecule has 5 nitrogen and oxygen atoms in total. The number of hydrogen-bond donors (Lipinski definition) is 2. The minimum absolute atomic E-state index is 0.147. The lowest BCUT2D eigenvalue weighted by atomic mass is 10.0. The van der Waals surface area contributed by atoms with Crippen molar-refractivity contribution >= 4 is 5.82 Å². The lowest BCUT2D eigenvalue weighted by Gasteiger charge is -2.21. The Morgan fingerprint density at radius 3 is 2.50 bits per heavy atom. The highest BCUT2D eigenvalue weighted by atomic mass is 16.3. The van der Waals surface area contributed by atoms with E-state index in [1.807, 2.05) is 61.5 Å². The molecule has 3 rings (SSSR count). The number of nitrogens with one attached hydrogen (secondary N) is 1. The molecule has 26 heavy (non-hydrogen) atoms. The zero-order chi connectivity index (χ0) is 18.4. The van der Waals surface area contributed by atoms with E-state index in [1.165, 1.54) is 0 Å². The Bertz CT molecular complexity index is 824. The van der Waals surface area contributed by atoms with Gasteiger partial charge < -0.3 is 10.4 Å². The molecule has 0 amide bonds. The molecule has 0 aliphatic rings. The molecule has 0 fully saturated rings. The molecule has 2 N–H and O–H groups in total. The van der Waals surface area contributed by atoms with Gasteiger partial charge in [-0.05, 0) is 31.0 Å². The summed E-state index contributed by atoms with van der Waals surface area (Å²) in [5.74, 6) is 1.30. The Kier molecular flexibility index (Phi) is 5.92. The van der Waals surface area contributed by atoms with Gasteiger partial charge in [0.2, 0.25) is 0 Å². The first-order valence-electron chi connectivity index (χ1n) is 8.93. The van der Waals surface area contributed by atoms with Crippen LogP contribution in [-0.4, -0.2) is 32.2 Å². The van der Waals surface area contributed by atoms with Crippen LogP contribution in [0.3, 0.4) is 0 Å². The first-order valence-corrected chi connectivity index (χ1v) is 8.93. The number of pyridine rings is 1. The fourth-order valence-corrected chi connectivity index (χ4v) is 2.72. The van der Waals surface area contributed by atoms with Gasteiger partial charge in [-0.3, -0.25) is 4.98 Å². The Balaban J connectivity index is 1.76. The molecule has 2 aromatic heterocycles. The third-order valence-electron chi connectivity index (χ3n) is 4.28. The molecular weight excluding hydrogens is 324 g/mol. The second kappa shape index (κ2) is 8.54. The van der Waals surface area contributed by atoms with Crippen molar-refractivity contribution in [2.45, 2.75) is 38.8 Å². The van der Waals surface area contributed by atoms with E-state index in [2.05, 4.69) is 27.2 Å². The number of aromatic nitrogens is 3. The topological polar surface area (TPSA) is 70.9 Å². The fourth-order valence-electron chi connectivity index (χ4n) is 2.72. The predicted octanol–water partition coefficient (Wildman–Crippen LogP) is 3.51. The molecule has 0 spiro atoms. The van der Waals surface area contributed by atoms with Crippen molar-refractivity contribution in [3.05, 3.63) is 72.1 Å². The van der Waals surface area contributed by atoms with Crippen molar-refractivity contribution < 1.29 is 5.11 Å². The van der Waals surface area contributed by atoms with Crippen LogP contribution in [0.5, 0.6) is 0 Å². The summed E-state index contributed by atoms with van der Waals surface area (Å²) in [7, 11) is 0. The first kappa shape index (κ1) is 18.0. The van der Waals surface area contributed by atoms with Crippen molar-refractivity contribution in [2.75, 3.05) is 5.32 Å². The van der Waals surface area contributed by atoms with E-state index in [1.54, 1.807) is 6.20 Å². The molecule has 5 heteroatoms. The number of aliphatic hydroxyl groups excluding tert-OH is 1. The van der Waals surface area contributed by atoms with Gasteiger partial charge in [0.1, 0.15) is 11.5 Å². The maximum absolute atomic E-state index is 10.5.